The maximum Gasteiger partial charge on any atom is 0.161 e. The Hall–Kier alpha value is -2.17. The minimum absolute atomic E-state index is 0.0778. The predicted molar refractivity (Wildman–Crippen MR) is 131 cm³/mol. The molecule has 0 fully saturated rings. The summed E-state index contributed by atoms with van der Waals surface area (Å²) < 4.78 is 10.9. The van der Waals surface area contributed by atoms with Gasteiger partial charge in [-0.1, -0.05) is 49.4 Å². The molecule has 1 aliphatic rings. The first-order valence-corrected chi connectivity index (χ1v) is 12.1. The van der Waals surface area contributed by atoms with Crippen molar-refractivity contribution in [2.75, 3.05) is 13.7 Å². The van der Waals surface area contributed by atoms with Gasteiger partial charge in [-0.15, -0.1) is 0 Å². The van der Waals surface area contributed by atoms with Gasteiger partial charge in [0.15, 0.2) is 5.78 Å². The van der Waals surface area contributed by atoms with Gasteiger partial charge in [0.2, 0.25) is 0 Å². The average Bonchev–Trinajstić information content (AvgIpc) is 3.18. The molecule has 0 aliphatic heterocycles. The Bertz CT molecular complexity index is 732. The van der Waals surface area contributed by atoms with Gasteiger partial charge < -0.3 is 14.6 Å². The van der Waals surface area contributed by atoms with Gasteiger partial charge in [0.25, 0.3) is 0 Å². The third kappa shape index (κ3) is 9.54. The number of methoxy groups -OCH3 is 1. The third-order valence-corrected chi connectivity index (χ3v) is 5.90. The molecular formula is C28H40O4. The third-order valence-electron chi connectivity index (χ3n) is 5.90. The average molecular weight is 441 g/mol. The highest BCUT2D eigenvalue weighted by atomic mass is 16.5. The van der Waals surface area contributed by atoms with Crippen LogP contribution in [0.2, 0.25) is 0 Å². The minimum atomic E-state index is -0.547. The zero-order valence-electron chi connectivity index (χ0n) is 19.7. The Kier molecular flexibility index (Phi) is 12.7. The molecule has 0 spiro atoms. The van der Waals surface area contributed by atoms with Crippen LogP contribution in [0.4, 0.5) is 0 Å². The molecule has 4 nitrogen and oxygen atoms in total. The second-order valence-electron chi connectivity index (χ2n) is 8.43. The molecule has 1 unspecified atom stereocenters. The fraction of sp³-hybridized carbons (Fsp3) is 0.536. The van der Waals surface area contributed by atoms with Crippen molar-refractivity contribution < 1.29 is 19.4 Å². The quantitative estimate of drug-likeness (QED) is 0.246. The van der Waals surface area contributed by atoms with Crippen molar-refractivity contribution in [3.63, 3.8) is 0 Å². The standard InChI is InChI=1S/C28H40O4/c1-3-4-5-7-11-14-26(29)28-24(17-20-27(28)30)13-10-8-6-9-12-21-32-22-23-15-18-25(31-2)19-16-23/h4-5,8,10,15-20,24,26,28-29H,3,6-7,9,11-14,21-22H2,1-2H3/b5-4-,10-8-/t24-,26?,28-/m0/s1. The van der Waals surface area contributed by atoms with E-state index in [4.69, 9.17) is 9.47 Å². The highest BCUT2D eigenvalue weighted by molar-refractivity contribution is 5.95. The number of aliphatic hydroxyl groups is 1. The zero-order valence-corrected chi connectivity index (χ0v) is 19.7. The smallest absolute Gasteiger partial charge is 0.161 e. The lowest BCUT2D eigenvalue weighted by atomic mass is 9.85. The molecule has 0 saturated carbocycles. The number of hydrogen-bond acceptors (Lipinski definition) is 4. The van der Waals surface area contributed by atoms with Crippen molar-refractivity contribution in [3.05, 3.63) is 66.3 Å². The van der Waals surface area contributed by atoms with Gasteiger partial charge in [0.05, 0.1) is 25.7 Å². The van der Waals surface area contributed by atoms with Gasteiger partial charge in [-0.3, -0.25) is 4.79 Å². The molecule has 0 saturated heterocycles. The van der Waals surface area contributed by atoms with Crippen LogP contribution in [0.25, 0.3) is 0 Å². The summed E-state index contributed by atoms with van der Waals surface area (Å²) in [7, 11) is 1.67. The molecule has 1 aliphatic carbocycles. The maximum atomic E-state index is 12.2. The fourth-order valence-electron chi connectivity index (χ4n) is 4.02. The van der Waals surface area contributed by atoms with Crippen LogP contribution in [0.5, 0.6) is 5.75 Å². The van der Waals surface area contributed by atoms with Crippen LogP contribution >= 0.6 is 0 Å². The highest BCUT2D eigenvalue weighted by Gasteiger charge is 2.34. The Balaban J connectivity index is 1.57. The molecule has 176 valence electrons. The first kappa shape index (κ1) is 26.1. The normalized spacial score (nSPS) is 19.4. The van der Waals surface area contributed by atoms with Gasteiger partial charge in [-0.25, -0.2) is 0 Å². The van der Waals surface area contributed by atoms with E-state index in [1.54, 1.807) is 13.2 Å². The second kappa shape index (κ2) is 15.6. The van der Waals surface area contributed by atoms with Crippen LogP contribution in [0.3, 0.4) is 0 Å². The van der Waals surface area contributed by atoms with E-state index in [1.165, 1.54) is 0 Å². The molecule has 2 rings (SSSR count). The Morgan fingerprint density at radius 2 is 1.78 bits per heavy atom. The number of rotatable bonds is 16. The number of benzene rings is 1. The number of allylic oxidation sites excluding steroid dienone is 6. The first-order valence-electron chi connectivity index (χ1n) is 12.1. The number of unbranched alkanes of at least 4 members (excludes halogenated alkanes) is 3. The number of carbonyl (C=O) groups excluding carboxylic acids is 1. The van der Waals surface area contributed by atoms with Crippen molar-refractivity contribution in [1.82, 2.24) is 0 Å². The minimum Gasteiger partial charge on any atom is -0.497 e. The molecule has 1 aromatic carbocycles. The van der Waals surface area contributed by atoms with E-state index in [0.29, 0.717) is 13.0 Å². The molecule has 32 heavy (non-hydrogen) atoms. The molecule has 4 heteroatoms. The number of ether oxygens (including phenoxy) is 2. The van der Waals surface area contributed by atoms with Gasteiger partial charge in [0, 0.05) is 6.61 Å². The summed E-state index contributed by atoms with van der Waals surface area (Å²) in [4.78, 5) is 12.2. The van der Waals surface area contributed by atoms with Crippen molar-refractivity contribution in [2.24, 2.45) is 11.8 Å². The summed E-state index contributed by atoms with van der Waals surface area (Å²) in [6.07, 6.45) is 19.3. The molecular weight excluding hydrogens is 400 g/mol. The lowest BCUT2D eigenvalue weighted by Gasteiger charge is -2.22. The molecule has 3 atom stereocenters. The van der Waals surface area contributed by atoms with Crippen LogP contribution in [0.1, 0.15) is 63.9 Å². The topological polar surface area (TPSA) is 55.8 Å². The van der Waals surface area contributed by atoms with Crippen LogP contribution in [0.15, 0.2) is 60.7 Å². The van der Waals surface area contributed by atoms with Gasteiger partial charge in [-0.05, 0) is 81.1 Å². The summed E-state index contributed by atoms with van der Waals surface area (Å²) >= 11 is 0. The Morgan fingerprint density at radius 3 is 2.53 bits per heavy atom. The second-order valence-corrected chi connectivity index (χ2v) is 8.43. The molecule has 0 heterocycles. The van der Waals surface area contributed by atoms with Crippen molar-refractivity contribution in [2.45, 2.75) is 71.0 Å². The Morgan fingerprint density at radius 1 is 1.03 bits per heavy atom. The SMILES string of the molecule is CC/C=C\CCCC(O)[C@H]1C(=O)C=C[C@@H]1C/C=C\CCCCOCc1ccc(OC)cc1. The molecule has 0 bridgehead atoms. The van der Waals surface area contributed by atoms with E-state index in [0.717, 1.165) is 62.9 Å². The van der Waals surface area contributed by atoms with Crippen LogP contribution in [-0.2, 0) is 16.1 Å². The van der Waals surface area contributed by atoms with E-state index in [1.807, 2.05) is 30.3 Å². The lowest BCUT2D eigenvalue weighted by molar-refractivity contribution is -0.122. The maximum absolute atomic E-state index is 12.2. The van der Waals surface area contributed by atoms with Crippen molar-refractivity contribution in [1.29, 1.82) is 0 Å². The number of aliphatic hydroxyl groups excluding tert-OH is 1. The summed E-state index contributed by atoms with van der Waals surface area (Å²) in [6.45, 7) is 3.49. The summed E-state index contributed by atoms with van der Waals surface area (Å²) in [5.41, 5.74) is 1.15. The van der Waals surface area contributed by atoms with Gasteiger partial charge >= 0.3 is 0 Å². The van der Waals surface area contributed by atoms with E-state index in [-0.39, 0.29) is 17.6 Å². The molecule has 0 aromatic heterocycles. The van der Waals surface area contributed by atoms with E-state index >= 15 is 0 Å². The van der Waals surface area contributed by atoms with E-state index in [9.17, 15) is 9.90 Å². The fourth-order valence-corrected chi connectivity index (χ4v) is 4.02. The molecule has 0 amide bonds. The summed E-state index contributed by atoms with van der Waals surface area (Å²) in [5.74, 6) is 0.779. The van der Waals surface area contributed by atoms with E-state index in [2.05, 4.69) is 31.2 Å². The Labute approximate surface area is 194 Å². The highest BCUT2D eigenvalue weighted by Crippen LogP contribution is 2.31. The first-order chi connectivity index (χ1) is 15.7. The van der Waals surface area contributed by atoms with E-state index < -0.39 is 6.10 Å². The molecule has 0 radical (unpaired) electrons. The predicted octanol–water partition coefficient (Wildman–Crippen LogP) is 6.20. The monoisotopic (exact) mass is 440 g/mol. The van der Waals surface area contributed by atoms with Crippen LogP contribution < -0.4 is 4.74 Å². The molecule has 1 N–H and O–H groups in total. The van der Waals surface area contributed by atoms with Crippen LogP contribution in [-0.4, -0.2) is 30.7 Å². The van der Waals surface area contributed by atoms with Crippen molar-refractivity contribution in [3.8, 4) is 5.75 Å². The summed E-state index contributed by atoms with van der Waals surface area (Å²) in [5, 5.41) is 10.5. The van der Waals surface area contributed by atoms with Gasteiger partial charge in [0.1, 0.15) is 5.75 Å². The lowest BCUT2D eigenvalue weighted by Crippen LogP contribution is -2.29. The van der Waals surface area contributed by atoms with Gasteiger partial charge in [-0.2, -0.15) is 0 Å². The number of carbonyl (C=O) groups is 1. The van der Waals surface area contributed by atoms with Crippen LogP contribution in [0, 0.1) is 11.8 Å². The summed E-state index contributed by atoms with van der Waals surface area (Å²) in [6, 6.07) is 7.95. The largest absolute Gasteiger partial charge is 0.497 e. The zero-order chi connectivity index (χ0) is 23.0. The van der Waals surface area contributed by atoms with Crippen molar-refractivity contribution >= 4 is 5.78 Å². The molecule has 1 aromatic rings. The number of ketones is 1. The number of hydrogen-bond donors (Lipinski definition) is 1.